The van der Waals surface area contributed by atoms with Crippen LogP contribution < -0.4 is 15.2 Å². The molecular formula is C33H24FN3O4. The third-order valence-corrected chi connectivity index (χ3v) is 8.16. The summed E-state index contributed by atoms with van der Waals surface area (Å²) in [5.74, 6) is -1.67. The highest BCUT2D eigenvalue weighted by Crippen LogP contribution is 2.54. The molecule has 5 aromatic rings. The zero-order chi connectivity index (χ0) is 28.6. The van der Waals surface area contributed by atoms with Crippen LogP contribution in [0.25, 0.3) is 11.0 Å². The molecule has 1 unspecified atom stereocenters. The second-order valence-electron chi connectivity index (χ2n) is 10.6. The van der Waals surface area contributed by atoms with Gasteiger partial charge in [0.25, 0.3) is 11.8 Å². The molecule has 8 heteroatoms. The molecule has 0 bridgehead atoms. The summed E-state index contributed by atoms with van der Waals surface area (Å²) in [6.45, 7) is 5.53. The van der Waals surface area contributed by atoms with Crippen molar-refractivity contribution in [3.8, 4) is 0 Å². The molecule has 2 aromatic heterocycles. The first-order valence-electron chi connectivity index (χ1n) is 13.2. The van der Waals surface area contributed by atoms with E-state index in [0.29, 0.717) is 16.8 Å². The van der Waals surface area contributed by atoms with Crippen LogP contribution in [-0.2, 0) is 16.9 Å². The van der Waals surface area contributed by atoms with E-state index in [1.807, 2.05) is 20.8 Å². The number of pyridine rings is 1. The summed E-state index contributed by atoms with van der Waals surface area (Å²) < 4.78 is 21.0. The van der Waals surface area contributed by atoms with E-state index in [4.69, 9.17) is 4.42 Å². The molecule has 0 aliphatic carbocycles. The Morgan fingerprint density at radius 3 is 2.41 bits per heavy atom. The summed E-state index contributed by atoms with van der Waals surface area (Å²) in [6, 6.07) is 20.1. The van der Waals surface area contributed by atoms with Crippen LogP contribution in [0.3, 0.4) is 0 Å². The highest BCUT2D eigenvalue weighted by molar-refractivity contribution is 6.24. The number of hydrogen-bond donors (Lipinski definition) is 0. The number of amides is 2. The van der Waals surface area contributed by atoms with Crippen LogP contribution in [0.5, 0.6) is 0 Å². The first kappa shape index (κ1) is 24.9. The zero-order valence-corrected chi connectivity index (χ0v) is 22.6. The first-order chi connectivity index (χ1) is 19.7. The van der Waals surface area contributed by atoms with E-state index in [2.05, 4.69) is 4.98 Å². The Morgan fingerprint density at radius 2 is 1.63 bits per heavy atom. The molecule has 0 radical (unpaired) electrons. The molecule has 0 saturated heterocycles. The van der Waals surface area contributed by atoms with E-state index >= 15 is 0 Å². The highest BCUT2D eigenvalue weighted by Gasteiger charge is 2.66. The second kappa shape index (κ2) is 8.69. The van der Waals surface area contributed by atoms with Gasteiger partial charge in [-0.05, 0) is 73.9 Å². The monoisotopic (exact) mass is 545 g/mol. The number of hydrogen-bond acceptors (Lipinski definition) is 5. The molecule has 3 aromatic carbocycles. The Hall–Kier alpha value is -5.11. The van der Waals surface area contributed by atoms with E-state index in [1.165, 1.54) is 15.9 Å². The molecule has 4 heterocycles. The number of anilines is 2. The highest BCUT2D eigenvalue weighted by atomic mass is 19.1. The van der Waals surface area contributed by atoms with Crippen molar-refractivity contribution < 1.29 is 18.4 Å². The fraction of sp³-hybridized carbons (Fsp3) is 0.152. The van der Waals surface area contributed by atoms with Crippen LogP contribution in [0.1, 0.15) is 43.9 Å². The third kappa shape index (κ3) is 3.30. The number of carbonyl (C=O) groups is 2. The van der Waals surface area contributed by atoms with Crippen molar-refractivity contribution in [2.75, 3.05) is 9.80 Å². The van der Waals surface area contributed by atoms with Crippen LogP contribution in [0, 0.1) is 26.6 Å². The number of para-hydroxylation sites is 1. The minimum absolute atomic E-state index is 0.0601. The Kier molecular flexibility index (Phi) is 5.28. The largest absolute Gasteiger partial charge is 0.450 e. The molecule has 7 nitrogen and oxygen atoms in total. The van der Waals surface area contributed by atoms with Crippen molar-refractivity contribution in [1.82, 2.24) is 4.98 Å². The number of fused-ring (bicyclic) bond motifs is 5. The molecule has 1 atom stereocenters. The van der Waals surface area contributed by atoms with Crippen molar-refractivity contribution >= 4 is 34.3 Å². The quantitative estimate of drug-likeness (QED) is 0.290. The lowest BCUT2D eigenvalue weighted by Crippen LogP contribution is -2.54. The second-order valence-corrected chi connectivity index (χ2v) is 10.6. The molecule has 1 spiro atoms. The molecule has 202 valence electrons. The Bertz CT molecular complexity index is 2020. The van der Waals surface area contributed by atoms with Gasteiger partial charge in [-0.25, -0.2) is 9.37 Å². The minimum Gasteiger partial charge on any atom is -0.450 e. The van der Waals surface area contributed by atoms with Gasteiger partial charge in [-0.15, -0.1) is 0 Å². The van der Waals surface area contributed by atoms with E-state index in [-0.39, 0.29) is 34.7 Å². The summed E-state index contributed by atoms with van der Waals surface area (Å²) in [6.07, 6.45) is 1.55. The summed E-state index contributed by atoms with van der Waals surface area (Å²) in [4.78, 5) is 50.8. The van der Waals surface area contributed by atoms with Gasteiger partial charge in [-0.2, -0.15) is 0 Å². The zero-order valence-electron chi connectivity index (χ0n) is 22.6. The standard InChI is InChI=1S/C33H24FN3O4/c1-18-12-13-35-27(14-18)37-31(39)30-28(29(38)22-15-19(2)20(3)16-26(22)41-30)33(37)23-9-5-7-11-25(23)36(32(33)40)17-21-8-4-6-10-24(21)34/h4-16H,17H2,1-3H3. The van der Waals surface area contributed by atoms with Gasteiger partial charge < -0.3 is 9.32 Å². The fourth-order valence-electron chi connectivity index (χ4n) is 6.06. The lowest BCUT2D eigenvalue weighted by Gasteiger charge is -2.33. The van der Waals surface area contributed by atoms with Gasteiger partial charge in [-0.1, -0.05) is 36.4 Å². The van der Waals surface area contributed by atoms with Crippen LogP contribution >= 0.6 is 0 Å². The Morgan fingerprint density at radius 1 is 0.902 bits per heavy atom. The van der Waals surface area contributed by atoms with Gasteiger partial charge in [0.2, 0.25) is 5.76 Å². The predicted octanol–water partition coefficient (Wildman–Crippen LogP) is 5.70. The lowest BCUT2D eigenvalue weighted by molar-refractivity contribution is -0.121. The predicted molar refractivity (Wildman–Crippen MR) is 153 cm³/mol. The van der Waals surface area contributed by atoms with E-state index in [1.54, 1.807) is 72.9 Å². The molecule has 41 heavy (non-hydrogen) atoms. The number of rotatable bonds is 3. The molecule has 2 aliphatic rings. The van der Waals surface area contributed by atoms with Crippen molar-refractivity contribution in [1.29, 1.82) is 0 Å². The third-order valence-electron chi connectivity index (χ3n) is 8.16. The van der Waals surface area contributed by atoms with Crippen LogP contribution in [0.15, 0.2) is 88.2 Å². The van der Waals surface area contributed by atoms with E-state index in [9.17, 15) is 18.8 Å². The summed E-state index contributed by atoms with van der Waals surface area (Å²) in [5.41, 5.74) is 1.62. The summed E-state index contributed by atoms with van der Waals surface area (Å²) >= 11 is 0. The number of nitrogens with zero attached hydrogens (tertiary/aromatic N) is 3. The Balaban J connectivity index is 1.58. The number of benzene rings is 3. The smallest absolute Gasteiger partial charge is 0.297 e. The molecule has 2 aliphatic heterocycles. The van der Waals surface area contributed by atoms with E-state index < -0.39 is 28.6 Å². The molecule has 0 N–H and O–H groups in total. The first-order valence-corrected chi connectivity index (χ1v) is 13.2. The van der Waals surface area contributed by atoms with Crippen LogP contribution in [-0.4, -0.2) is 16.8 Å². The van der Waals surface area contributed by atoms with Gasteiger partial charge in [-0.3, -0.25) is 19.3 Å². The SMILES string of the molecule is Cc1ccnc(N2C(=O)c3oc4cc(C)c(C)cc4c(=O)c3C23C(=O)N(Cc2ccccc2F)c2ccccc23)c1. The van der Waals surface area contributed by atoms with Crippen molar-refractivity contribution in [3.63, 3.8) is 0 Å². The normalized spacial score (nSPS) is 17.6. The maximum absolute atomic E-state index is 14.9. The number of carbonyl (C=O) groups excluding carboxylic acids is 2. The molecule has 7 rings (SSSR count). The summed E-state index contributed by atoms with van der Waals surface area (Å²) in [7, 11) is 0. The number of aromatic nitrogens is 1. The maximum Gasteiger partial charge on any atom is 0.297 e. The molecule has 0 fully saturated rings. The Labute approximate surface area is 234 Å². The van der Waals surface area contributed by atoms with Crippen molar-refractivity contribution in [2.45, 2.75) is 32.9 Å². The van der Waals surface area contributed by atoms with Crippen molar-refractivity contribution in [3.05, 3.63) is 134 Å². The van der Waals surface area contributed by atoms with Crippen LogP contribution in [0.2, 0.25) is 0 Å². The van der Waals surface area contributed by atoms with Crippen molar-refractivity contribution in [2.24, 2.45) is 0 Å². The molecular weight excluding hydrogens is 521 g/mol. The summed E-state index contributed by atoms with van der Waals surface area (Å²) in [5, 5.41) is 0.274. The average Bonchev–Trinajstić information content (AvgIpc) is 3.35. The van der Waals surface area contributed by atoms with Gasteiger partial charge in [0, 0.05) is 17.3 Å². The van der Waals surface area contributed by atoms with Gasteiger partial charge in [0.05, 0.1) is 23.2 Å². The van der Waals surface area contributed by atoms with E-state index in [0.717, 1.165) is 16.7 Å². The molecule has 2 amide bonds. The fourth-order valence-corrected chi connectivity index (χ4v) is 6.06. The van der Waals surface area contributed by atoms with Crippen LogP contribution in [0.4, 0.5) is 15.9 Å². The molecule has 0 saturated carbocycles. The average molecular weight is 546 g/mol. The topological polar surface area (TPSA) is 83.7 Å². The lowest BCUT2D eigenvalue weighted by atomic mass is 9.83. The maximum atomic E-state index is 14.9. The minimum atomic E-state index is -1.90. The number of halogens is 1. The van der Waals surface area contributed by atoms with Gasteiger partial charge >= 0.3 is 0 Å². The number of aryl methyl sites for hydroxylation is 3. The van der Waals surface area contributed by atoms with Gasteiger partial charge in [0.1, 0.15) is 17.2 Å². The van der Waals surface area contributed by atoms with Gasteiger partial charge in [0.15, 0.2) is 11.0 Å².